The van der Waals surface area contributed by atoms with E-state index in [0.717, 1.165) is 11.3 Å². The number of rotatable bonds is 3. The Bertz CT molecular complexity index is 481. The molecule has 82 valence electrons. The Morgan fingerprint density at radius 3 is 3.00 bits per heavy atom. The summed E-state index contributed by atoms with van der Waals surface area (Å²) in [6.45, 7) is 1.32. The summed E-state index contributed by atoms with van der Waals surface area (Å²) in [4.78, 5) is 4.46. The molecule has 1 rings (SSSR count). The highest BCUT2D eigenvalue weighted by Crippen LogP contribution is 2.18. The Labute approximate surface area is 92.2 Å². The number of hydrogen-bond donors (Lipinski definition) is 2. The molecule has 0 aliphatic heterocycles. The molecule has 0 radical (unpaired) electrons. The second-order valence-corrected chi connectivity index (χ2v) is 5.54. The maximum absolute atomic E-state index is 11.2. The predicted molar refractivity (Wildman–Crippen MR) is 59.2 cm³/mol. The van der Waals surface area contributed by atoms with Gasteiger partial charge in [-0.15, -0.1) is 0 Å². The van der Waals surface area contributed by atoms with Crippen molar-refractivity contribution >= 4 is 26.5 Å². The molecule has 0 saturated carbocycles. The molecule has 0 atom stereocenters. The minimum Gasteiger partial charge on any atom is -0.384 e. The van der Waals surface area contributed by atoms with Crippen molar-refractivity contribution in [2.24, 2.45) is 0 Å². The second kappa shape index (κ2) is 5.11. The van der Waals surface area contributed by atoms with Crippen LogP contribution in [0.15, 0.2) is 6.20 Å². The van der Waals surface area contributed by atoms with Crippen molar-refractivity contribution < 1.29 is 13.5 Å². The first-order valence-electron chi connectivity index (χ1n) is 4.13. The summed E-state index contributed by atoms with van der Waals surface area (Å²) < 4.78 is 24.7. The molecular formula is C8H10N2O3S2. The maximum atomic E-state index is 11.2. The number of anilines is 1. The number of aliphatic hydroxyl groups is 1. The smallest absolute Gasteiger partial charge is 0.234 e. The summed E-state index contributed by atoms with van der Waals surface area (Å²) in [5.41, 5.74) is 0. The van der Waals surface area contributed by atoms with Gasteiger partial charge in [-0.1, -0.05) is 23.2 Å². The summed E-state index contributed by atoms with van der Waals surface area (Å²) in [5, 5.41) is 8.75. The van der Waals surface area contributed by atoms with Crippen LogP contribution in [0.5, 0.6) is 0 Å². The van der Waals surface area contributed by atoms with Crippen LogP contribution in [0.1, 0.15) is 11.8 Å². The largest absolute Gasteiger partial charge is 0.384 e. The molecule has 0 amide bonds. The number of thiazole rings is 1. The van der Waals surface area contributed by atoms with Crippen LogP contribution in [0.3, 0.4) is 0 Å². The molecule has 0 unspecified atom stereocenters. The van der Waals surface area contributed by atoms with E-state index >= 15 is 0 Å². The summed E-state index contributed by atoms with van der Waals surface area (Å²) in [6.07, 6.45) is 1.46. The second-order valence-electron chi connectivity index (χ2n) is 2.50. The van der Waals surface area contributed by atoms with E-state index < -0.39 is 10.0 Å². The van der Waals surface area contributed by atoms with E-state index in [4.69, 9.17) is 5.11 Å². The standard InChI is InChI=1S/C8H10N2O3S2/c1-2-15(12,13)10-8-9-6-7(14-8)4-3-5-11/h6,11H,2,5H2,1H3,(H,9,10). The molecule has 0 aliphatic rings. The third kappa shape index (κ3) is 3.87. The van der Waals surface area contributed by atoms with Crippen molar-refractivity contribution in [1.29, 1.82) is 0 Å². The van der Waals surface area contributed by atoms with Crippen LogP contribution >= 0.6 is 11.3 Å². The molecular weight excluding hydrogens is 236 g/mol. The average Bonchev–Trinajstić information content (AvgIpc) is 2.62. The fourth-order valence-corrected chi connectivity index (χ4v) is 2.26. The normalized spacial score (nSPS) is 10.5. The molecule has 0 spiro atoms. The van der Waals surface area contributed by atoms with Gasteiger partial charge in [0.25, 0.3) is 0 Å². The third-order valence-electron chi connectivity index (χ3n) is 1.42. The van der Waals surface area contributed by atoms with E-state index in [2.05, 4.69) is 21.5 Å². The lowest BCUT2D eigenvalue weighted by Crippen LogP contribution is -2.14. The van der Waals surface area contributed by atoms with Crippen LogP contribution in [0.4, 0.5) is 5.13 Å². The zero-order valence-corrected chi connectivity index (χ0v) is 9.65. The average molecular weight is 246 g/mol. The molecule has 0 fully saturated rings. The fourth-order valence-electron chi connectivity index (χ4n) is 0.711. The van der Waals surface area contributed by atoms with Gasteiger partial charge in [0.05, 0.1) is 16.8 Å². The van der Waals surface area contributed by atoms with Crippen LogP contribution in [-0.4, -0.2) is 30.9 Å². The molecule has 7 heteroatoms. The monoisotopic (exact) mass is 246 g/mol. The Kier molecular flexibility index (Phi) is 4.08. The van der Waals surface area contributed by atoms with Gasteiger partial charge in [0.15, 0.2) is 5.13 Å². The van der Waals surface area contributed by atoms with Gasteiger partial charge in [-0.3, -0.25) is 4.72 Å². The van der Waals surface area contributed by atoms with E-state index in [-0.39, 0.29) is 12.4 Å². The number of nitrogens with one attached hydrogen (secondary N) is 1. The van der Waals surface area contributed by atoms with Crippen LogP contribution in [0.25, 0.3) is 0 Å². The highest BCUT2D eigenvalue weighted by atomic mass is 32.2. The SMILES string of the molecule is CCS(=O)(=O)Nc1ncc(C#CCO)s1. The Morgan fingerprint density at radius 2 is 2.40 bits per heavy atom. The number of aromatic nitrogens is 1. The molecule has 15 heavy (non-hydrogen) atoms. The minimum atomic E-state index is -3.28. The molecule has 1 aromatic rings. The van der Waals surface area contributed by atoms with E-state index in [1.165, 1.54) is 6.20 Å². The molecule has 2 N–H and O–H groups in total. The number of aliphatic hydroxyl groups excluding tert-OH is 1. The van der Waals surface area contributed by atoms with Crippen molar-refractivity contribution in [2.75, 3.05) is 17.1 Å². The molecule has 0 aliphatic carbocycles. The molecule has 1 aromatic heterocycles. The quantitative estimate of drug-likeness (QED) is 0.749. The summed E-state index contributed by atoms with van der Waals surface area (Å²) >= 11 is 1.13. The third-order valence-corrected chi connectivity index (χ3v) is 3.64. The van der Waals surface area contributed by atoms with Gasteiger partial charge in [-0.2, -0.15) is 0 Å². The van der Waals surface area contributed by atoms with Gasteiger partial charge < -0.3 is 5.11 Å². The van der Waals surface area contributed by atoms with Gasteiger partial charge in [0.1, 0.15) is 6.61 Å². The van der Waals surface area contributed by atoms with Crippen LogP contribution in [0.2, 0.25) is 0 Å². The zero-order chi connectivity index (χ0) is 11.3. The van der Waals surface area contributed by atoms with Crippen molar-refractivity contribution in [3.8, 4) is 11.8 Å². The lowest BCUT2D eigenvalue weighted by atomic mass is 10.5. The van der Waals surface area contributed by atoms with Crippen LogP contribution < -0.4 is 4.72 Å². The summed E-state index contributed by atoms with van der Waals surface area (Å²) in [7, 11) is -3.28. The van der Waals surface area contributed by atoms with Gasteiger partial charge in [0.2, 0.25) is 10.0 Å². The first-order chi connectivity index (χ1) is 7.07. The molecule has 0 bridgehead atoms. The first kappa shape index (κ1) is 12.0. The highest BCUT2D eigenvalue weighted by Gasteiger charge is 2.09. The molecule has 0 saturated heterocycles. The Hall–Kier alpha value is -1.10. The lowest BCUT2D eigenvalue weighted by molar-refractivity contribution is 0.350. The van der Waals surface area contributed by atoms with Gasteiger partial charge >= 0.3 is 0 Å². The van der Waals surface area contributed by atoms with Gasteiger partial charge in [-0.05, 0) is 6.92 Å². The Balaban J connectivity index is 2.77. The van der Waals surface area contributed by atoms with Crippen molar-refractivity contribution in [3.05, 3.63) is 11.1 Å². The topological polar surface area (TPSA) is 79.3 Å². The summed E-state index contributed by atoms with van der Waals surface area (Å²) in [6, 6.07) is 0. The molecule has 0 aromatic carbocycles. The van der Waals surface area contributed by atoms with E-state index in [9.17, 15) is 8.42 Å². The van der Waals surface area contributed by atoms with Crippen LogP contribution in [-0.2, 0) is 10.0 Å². The van der Waals surface area contributed by atoms with E-state index in [1.807, 2.05) is 0 Å². The van der Waals surface area contributed by atoms with Crippen molar-refractivity contribution in [1.82, 2.24) is 4.98 Å². The maximum Gasteiger partial charge on any atom is 0.234 e. The minimum absolute atomic E-state index is 0.00420. The number of nitrogens with zero attached hydrogens (tertiary/aromatic N) is 1. The van der Waals surface area contributed by atoms with E-state index in [1.54, 1.807) is 6.92 Å². The first-order valence-corrected chi connectivity index (χ1v) is 6.60. The van der Waals surface area contributed by atoms with Crippen molar-refractivity contribution in [3.63, 3.8) is 0 Å². The highest BCUT2D eigenvalue weighted by molar-refractivity contribution is 7.92. The lowest BCUT2D eigenvalue weighted by Gasteiger charge is -1.99. The zero-order valence-electron chi connectivity index (χ0n) is 8.02. The van der Waals surface area contributed by atoms with Crippen LogP contribution in [0, 0.1) is 11.8 Å². The molecule has 5 nitrogen and oxygen atoms in total. The van der Waals surface area contributed by atoms with Gasteiger partial charge in [-0.25, -0.2) is 13.4 Å². The number of hydrogen-bond acceptors (Lipinski definition) is 5. The van der Waals surface area contributed by atoms with E-state index in [0.29, 0.717) is 10.0 Å². The Morgan fingerprint density at radius 1 is 1.67 bits per heavy atom. The molecule has 1 heterocycles. The summed E-state index contributed by atoms with van der Waals surface area (Å²) in [5.74, 6) is 5.10. The fraction of sp³-hybridized carbons (Fsp3) is 0.375. The van der Waals surface area contributed by atoms with Crippen molar-refractivity contribution in [2.45, 2.75) is 6.92 Å². The van der Waals surface area contributed by atoms with Gasteiger partial charge in [0, 0.05) is 0 Å². The predicted octanol–water partition coefficient (Wildman–Crippen LogP) is 0.249. The number of sulfonamides is 1.